The summed E-state index contributed by atoms with van der Waals surface area (Å²) < 4.78 is 5.23. The Hall–Kier alpha value is -1.04. The summed E-state index contributed by atoms with van der Waals surface area (Å²) in [7, 11) is 0. The number of aliphatic carboxylic acids is 1. The molecule has 6 heteroatoms. The number of hydrogen-bond donors (Lipinski definition) is 1. The molecule has 1 saturated carbocycles. The molecule has 0 saturated heterocycles. The molecule has 0 aliphatic heterocycles. The van der Waals surface area contributed by atoms with Gasteiger partial charge in [0.05, 0.1) is 17.6 Å². The second-order valence-electron chi connectivity index (χ2n) is 5.69. The Bertz CT molecular complexity index is 472. The Morgan fingerprint density at radius 3 is 2.79 bits per heavy atom. The first kappa shape index (κ1) is 14.4. The second-order valence-corrected chi connectivity index (χ2v) is 7.12. The number of hydrogen-bond acceptors (Lipinski definition) is 5. The fourth-order valence-electron chi connectivity index (χ4n) is 2.35. The third kappa shape index (κ3) is 2.78. The monoisotopic (exact) mass is 284 g/mol. The van der Waals surface area contributed by atoms with Gasteiger partial charge in [0.25, 0.3) is 0 Å². The number of carbonyl (C=O) groups is 1. The summed E-state index contributed by atoms with van der Waals surface area (Å²) in [5.41, 5.74) is -0.292. The van der Waals surface area contributed by atoms with Crippen molar-refractivity contribution in [1.29, 1.82) is 0 Å². The highest BCUT2D eigenvalue weighted by Crippen LogP contribution is 2.64. The zero-order valence-corrected chi connectivity index (χ0v) is 12.5. The van der Waals surface area contributed by atoms with Gasteiger partial charge in [-0.3, -0.25) is 4.79 Å². The van der Waals surface area contributed by atoms with Gasteiger partial charge in [0.15, 0.2) is 5.82 Å². The van der Waals surface area contributed by atoms with E-state index in [0.717, 1.165) is 6.42 Å². The molecule has 0 aromatic carbocycles. The van der Waals surface area contributed by atoms with Crippen molar-refractivity contribution in [3.05, 3.63) is 11.7 Å². The van der Waals surface area contributed by atoms with Gasteiger partial charge in [-0.25, -0.2) is 0 Å². The van der Waals surface area contributed by atoms with Crippen molar-refractivity contribution in [3.63, 3.8) is 0 Å². The van der Waals surface area contributed by atoms with Crippen LogP contribution >= 0.6 is 11.8 Å². The maximum Gasteiger partial charge on any atom is 0.307 e. The van der Waals surface area contributed by atoms with E-state index in [1.54, 1.807) is 11.8 Å². The zero-order valence-electron chi connectivity index (χ0n) is 11.7. The van der Waals surface area contributed by atoms with Crippen LogP contribution in [0, 0.1) is 11.3 Å². The average molecular weight is 284 g/mol. The molecule has 0 bridgehead atoms. The van der Waals surface area contributed by atoms with Crippen LogP contribution in [0.4, 0.5) is 0 Å². The summed E-state index contributed by atoms with van der Waals surface area (Å²) in [5, 5.41) is 13.6. The number of rotatable bonds is 6. The van der Waals surface area contributed by atoms with Crippen LogP contribution in [0.3, 0.4) is 0 Å². The molecule has 1 heterocycles. The zero-order chi connectivity index (χ0) is 14.2. The SMILES string of the molecule is CCC(C)SCc1noc(C2C(C(=O)O)C2(C)C)n1. The lowest BCUT2D eigenvalue weighted by atomic mass is 10.1. The number of nitrogens with zero attached hydrogens (tertiary/aromatic N) is 2. The quantitative estimate of drug-likeness (QED) is 0.865. The van der Waals surface area contributed by atoms with Crippen LogP contribution in [0.2, 0.25) is 0 Å². The van der Waals surface area contributed by atoms with E-state index < -0.39 is 11.9 Å². The van der Waals surface area contributed by atoms with Crippen molar-refractivity contribution in [2.45, 2.75) is 51.0 Å². The minimum atomic E-state index is -0.788. The van der Waals surface area contributed by atoms with Crippen LogP contribution in [0.25, 0.3) is 0 Å². The van der Waals surface area contributed by atoms with Gasteiger partial charge in [0.2, 0.25) is 5.89 Å². The molecule has 1 aromatic rings. The van der Waals surface area contributed by atoms with Crippen LogP contribution in [-0.2, 0) is 10.5 Å². The molecule has 0 amide bonds. The van der Waals surface area contributed by atoms with E-state index in [1.807, 2.05) is 13.8 Å². The molecule has 0 spiro atoms. The van der Waals surface area contributed by atoms with Gasteiger partial charge in [-0.1, -0.05) is 32.9 Å². The average Bonchev–Trinajstić information content (AvgIpc) is 2.73. The van der Waals surface area contributed by atoms with Crippen LogP contribution in [0.15, 0.2) is 4.52 Å². The van der Waals surface area contributed by atoms with E-state index in [0.29, 0.717) is 22.7 Å². The Morgan fingerprint density at radius 2 is 2.26 bits per heavy atom. The first-order chi connectivity index (χ1) is 8.87. The molecule has 3 atom stereocenters. The number of aromatic nitrogens is 2. The minimum Gasteiger partial charge on any atom is -0.481 e. The van der Waals surface area contributed by atoms with Crippen molar-refractivity contribution >= 4 is 17.7 Å². The Balaban J connectivity index is 2.00. The molecule has 1 aromatic heterocycles. The smallest absolute Gasteiger partial charge is 0.307 e. The molecule has 0 radical (unpaired) electrons. The summed E-state index contributed by atoms with van der Waals surface area (Å²) in [5.74, 6) is 0.486. The first-order valence-corrected chi connectivity index (χ1v) is 7.59. The maximum absolute atomic E-state index is 11.1. The summed E-state index contributed by atoms with van der Waals surface area (Å²) in [6, 6.07) is 0. The molecule has 1 N–H and O–H groups in total. The number of thioether (sulfide) groups is 1. The first-order valence-electron chi connectivity index (χ1n) is 6.54. The highest BCUT2D eigenvalue weighted by molar-refractivity contribution is 7.99. The molecular weight excluding hydrogens is 264 g/mol. The van der Waals surface area contributed by atoms with Crippen molar-refractivity contribution in [1.82, 2.24) is 10.1 Å². The Morgan fingerprint density at radius 1 is 1.58 bits per heavy atom. The maximum atomic E-state index is 11.1. The topological polar surface area (TPSA) is 76.2 Å². The third-order valence-electron chi connectivity index (χ3n) is 3.92. The van der Waals surface area contributed by atoms with E-state index in [1.165, 1.54) is 0 Å². The van der Waals surface area contributed by atoms with Gasteiger partial charge < -0.3 is 9.63 Å². The molecule has 106 valence electrons. The lowest BCUT2D eigenvalue weighted by molar-refractivity contribution is -0.139. The van der Waals surface area contributed by atoms with Crippen molar-refractivity contribution < 1.29 is 14.4 Å². The molecular formula is C13H20N2O3S. The second kappa shape index (κ2) is 5.15. The predicted octanol–water partition coefficient (Wildman–Crippen LogP) is 2.93. The standard InChI is InChI=1S/C13H20N2O3S/c1-5-7(2)19-6-8-14-11(18-15-8)9-10(12(16)17)13(9,3)4/h7,9-10H,5-6H2,1-4H3,(H,16,17). The summed E-state index contributed by atoms with van der Waals surface area (Å²) in [4.78, 5) is 15.5. The van der Waals surface area contributed by atoms with E-state index >= 15 is 0 Å². The molecule has 19 heavy (non-hydrogen) atoms. The van der Waals surface area contributed by atoms with Crippen molar-refractivity contribution in [2.75, 3.05) is 0 Å². The van der Waals surface area contributed by atoms with E-state index in [2.05, 4.69) is 24.0 Å². The van der Waals surface area contributed by atoms with Gasteiger partial charge in [0.1, 0.15) is 0 Å². The van der Waals surface area contributed by atoms with Crippen molar-refractivity contribution in [2.24, 2.45) is 11.3 Å². The molecule has 1 aliphatic carbocycles. The van der Waals surface area contributed by atoms with E-state index in [4.69, 9.17) is 9.63 Å². The third-order valence-corrected chi connectivity index (χ3v) is 5.24. The predicted molar refractivity (Wildman–Crippen MR) is 73.0 cm³/mol. The number of carboxylic acid groups (broad SMARTS) is 1. The number of carboxylic acids is 1. The molecule has 1 aliphatic rings. The summed E-state index contributed by atoms with van der Waals surface area (Å²) in [6.07, 6.45) is 1.10. The summed E-state index contributed by atoms with van der Waals surface area (Å²) in [6.45, 7) is 8.15. The minimum absolute atomic E-state index is 0.153. The Kier molecular flexibility index (Phi) is 3.90. The van der Waals surface area contributed by atoms with Gasteiger partial charge in [-0.05, 0) is 11.8 Å². The van der Waals surface area contributed by atoms with Gasteiger partial charge >= 0.3 is 5.97 Å². The van der Waals surface area contributed by atoms with Crippen LogP contribution in [0.1, 0.15) is 51.7 Å². The lowest BCUT2D eigenvalue weighted by Gasteiger charge is -2.04. The van der Waals surface area contributed by atoms with Crippen LogP contribution < -0.4 is 0 Å². The van der Waals surface area contributed by atoms with Crippen molar-refractivity contribution in [3.8, 4) is 0 Å². The Labute approximate surface area is 117 Å². The van der Waals surface area contributed by atoms with Crippen LogP contribution in [0.5, 0.6) is 0 Å². The molecule has 3 unspecified atom stereocenters. The highest BCUT2D eigenvalue weighted by atomic mass is 32.2. The highest BCUT2D eigenvalue weighted by Gasteiger charge is 2.65. The fourth-order valence-corrected chi connectivity index (χ4v) is 3.13. The molecule has 2 rings (SSSR count). The molecule has 5 nitrogen and oxygen atoms in total. The normalized spacial score (nSPS) is 26.1. The van der Waals surface area contributed by atoms with Gasteiger partial charge in [0, 0.05) is 5.25 Å². The largest absolute Gasteiger partial charge is 0.481 e. The molecule has 1 fully saturated rings. The lowest BCUT2D eigenvalue weighted by Crippen LogP contribution is -2.03. The van der Waals surface area contributed by atoms with Crippen LogP contribution in [-0.4, -0.2) is 26.5 Å². The van der Waals surface area contributed by atoms with Gasteiger partial charge in [-0.2, -0.15) is 16.7 Å². The summed E-state index contributed by atoms with van der Waals surface area (Å²) >= 11 is 1.78. The van der Waals surface area contributed by atoms with Gasteiger partial charge in [-0.15, -0.1) is 0 Å². The van der Waals surface area contributed by atoms with E-state index in [-0.39, 0.29) is 11.3 Å². The fraction of sp³-hybridized carbons (Fsp3) is 0.769. The van der Waals surface area contributed by atoms with E-state index in [9.17, 15) is 4.79 Å².